The van der Waals surface area contributed by atoms with Crippen LogP contribution in [0.4, 0.5) is 5.82 Å². The zero-order valence-electron chi connectivity index (χ0n) is 10.7. The third-order valence-electron chi connectivity index (χ3n) is 2.41. The summed E-state index contributed by atoms with van der Waals surface area (Å²) in [5, 5.41) is 0. The lowest BCUT2D eigenvalue weighted by Gasteiger charge is -2.08. The summed E-state index contributed by atoms with van der Waals surface area (Å²) in [5.41, 5.74) is 0. The van der Waals surface area contributed by atoms with E-state index in [1.165, 1.54) is 18.3 Å². The monoisotopic (exact) mass is 356 g/mol. The minimum Gasteiger partial charge on any atom is -0.494 e. The number of nitrogens with zero attached hydrogens (tertiary/aromatic N) is 1. The van der Waals surface area contributed by atoms with Crippen LogP contribution in [0.3, 0.4) is 0 Å². The molecule has 20 heavy (non-hydrogen) atoms. The van der Waals surface area contributed by atoms with Gasteiger partial charge in [-0.1, -0.05) is 15.9 Å². The zero-order chi connectivity index (χ0) is 14.6. The van der Waals surface area contributed by atoms with Gasteiger partial charge in [0.1, 0.15) is 11.6 Å². The first-order valence-electron chi connectivity index (χ1n) is 5.88. The van der Waals surface area contributed by atoms with Crippen molar-refractivity contribution < 1.29 is 13.2 Å². The number of hydrogen-bond acceptors (Lipinski definition) is 4. The van der Waals surface area contributed by atoms with E-state index < -0.39 is 10.0 Å². The van der Waals surface area contributed by atoms with E-state index in [-0.39, 0.29) is 10.7 Å². The first kappa shape index (κ1) is 14.8. The van der Waals surface area contributed by atoms with Crippen LogP contribution in [-0.2, 0) is 10.0 Å². The summed E-state index contributed by atoms with van der Waals surface area (Å²) < 4.78 is 32.8. The fourth-order valence-electron chi connectivity index (χ4n) is 1.54. The highest BCUT2D eigenvalue weighted by Gasteiger charge is 2.14. The Bertz CT molecular complexity index is 687. The van der Waals surface area contributed by atoms with Crippen LogP contribution >= 0.6 is 15.9 Å². The van der Waals surface area contributed by atoms with Gasteiger partial charge in [0.25, 0.3) is 10.0 Å². The lowest BCUT2D eigenvalue weighted by Crippen LogP contribution is -2.13. The van der Waals surface area contributed by atoms with Gasteiger partial charge in [0.15, 0.2) is 0 Å². The fraction of sp³-hybridized carbons (Fsp3) is 0.154. The van der Waals surface area contributed by atoms with E-state index in [2.05, 4.69) is 25.6 Å². The lowest BCUT2D eigenvalue weighted by atomic mass is 10.3. The number of halogens is 1. The molecule has 1 N–H and O–H groups in total. The minimum absolute atomic E-state index is 0.155. The largest absolute Gasteiger partial charge is 0.494 e. The Labute approximate surface area is 126 Å². The molecule has 5 nitrogen and oxygen atoms in total. The SMILES string of the molecule is CCOc1ccc(S(=O)(=O)Nc2cc(Br)ccn2)cc1. The summed E-state index contributed by atoms with van der Waals surface area (Å²) in [4.78, 5) is 4.11. The van der Waals surface area contributed by atoms with Crippen molar-refractivity contribution in [3.05, 3.63) is 47.1 Å². The maximum atomic E-state index is 12.2. The highest BCUT2D eigenvalue weighted by atomic mass is 79.9. The van der Waals surface area contributed by atoms with Gasteiger partial charge in [0, 0.05) is 10.7 Å². The van der Waals surface area contributed by atoms with E-state index in [9.17, 15) is 8.42 Å². The van der Waals surface area contributed by atoms with Crippen LogP contribution in [0, 0.1) is 0 Å². The Kier molecular flexibility index (Phi) is 4.61. The number of ether oxygens (including phenoxy) is 1. The van der Waals surface area contributed by atoms with Gasteiger partial charge in [-0.3, -0.25) is 4.72 Å². The lowest BCUT2D eigenvalue weighted by molar-refractivity contribution is 0.340. The van der Waals surface area contributed by atoms with Gasteiger partial charge in [-0.25, -0.2) is 13.4 Å². The quantitative estimate of drug-likeness (QED) is 0.893. The van der Waals surface area contributed by atoms with E-state index in [4.69, 9.17) is 4.74 Å². The molecule has 0 atom stereocenters. The summed E-state index contributed by atoms with van der Waals surface area (Å²) in [6.45, 7) is 2.40. The normalized spacial score (nSPS) is 11.1. The summed E-state index contributed by atoms with van der Waals surface area (Å²) in [6, 6.07) is 9.52. The van der Waals surface area contributed by atoms with Crippen molar-refractivity contribution in [3.8, 4) is 5.75 Å². The maximum Gasteiger partial charge on any atom is 0.263 e. The molecule has 0 fully saturated rings. The van der Waals surface area contributed by atoms with Crippen molar-refractivity contribution in [3.63, 3.8) is 0 Å². The molecule has 1 aromatic carbocycles. The standard InChI is InChI=1S/C13H13BrN2O3S/c1-2-19-11-3-5-12(6-4-11)20(17,18)16-13-9-10(14)7-8-15-13/h3-9H,2H2,1H3,(H,15,16). The third-order valence-corrected chi connectivity index (χ3v) is 4.27. The second kappa shape index (κ2) is 6.23. The Morgan fingerprint density at radius 3 is 2.55 bits per heavy atom. The summed E-state index contributed by atoms with van der Waals surface area (Å²) in [7, 11) is -3.65. The van der Waals surface area contributed by atoms with E-state index in [0.29, 0.717) is 12.4 Å². The number of nitrogens with one attached hydrogen (secondary N) is 1. The smallest absolute Gasteiger partial charge is 0.263 e. The molecule has 0 amide bonds. The minimum atomic E-state index is -3.65. The first-order chi connectivity index (χ1) is 9.51. The van der Waals surface area contributed by atoms with Gasteiger partial charge in [0.2, 0.25) is 0 Å². The van der Waals surface area contributed by atoms with Crippen LogP contribution in [0.15, 0.2) is 52.0 Å². The molecule has 1 aromatic heterocycles. The number of benzene rings is 1. The maximum absolute atomic E-state index is 12.2. The molecule has 0 saturated heterocycles. The molecule has 106 valence electrons. The average Bonchev–Trinajstić information content (AvgIpc) is 2.39. The number of aromatic nitrogens is 1. The fourth-order valence-corrected chi connectivity index (χ4v) is 2.87. The van der Waals surface area contributed by atoms with Crippen LogP contribution in [-0.4, -0.2) is 20.0 Å². The first-order valence-corrected chi connectivity index (χ1v) is 8.16. The van der Waals surface area contributed by atoms with E-state index >= 15 is 0 Å². The summed E-state index contributed by atoms with van der Waals surface area (Å²) in [6.07, 6.45) is 1.51. The highest BCUT2D eigenvalue weighted by Crippen LogP contribution is 2.20. The molecular formula is C13H13BrN2O3S. The molecule has 0 aliphatic rings. The molecule has 0 aliphatic carbocycles. The molecular weight excluding hydrogens is 344 g/mol. The Morgan fingerprint density at radius 2 is 1.95 bits per heavy atom. The number of pyridine rings is 1. The van der Waals surface area contributed by atoms with Crippen LogP contribution in [0.5, 0.6) is 5.75 Å². The Balaban J connectivity index is 2.21. The van der Waals surface area contributed by atoms with E-state index in [1.807, 2.05) is 6.92 Å². The molecule has 0 spiro atoms. The molecule has 0 radical (unpaired) electrons. The molecule has 0 aliphatic heterocycles. The Hall–Kier alpha value is -1.60. The second-order valence-corrected chi connectivity index (χ2v) is 6.47. The molecule has 0 bridgehead atoms. The molecule has 7 heteroatoms. The topological polar surface area (TPSA) is 68.3 Å². The molecule has 1 heterocycles. The van der Waals surface area contributed by atoms with Crippen molar-refractivity contribution >= 4 is 31.8 Å². The van der Waals surface area contributed by atoms with Crippen LogP contribution in [0.2, 0.25) is 0 Å². The predicted molar refractivity (Wildman–Crippen MR) is 80.4 cm³/mol. The number of anilines is 1. The van der Waals surface area contributed by atoms with Gasteiger partial charge in [0.05, 0.1) is 11.5 Å². The molecule has 0 saturated carbocycles. The predicted octanol–water partition coefficient (Wildman–Crippen LogP) is 3.04. The van der Waals surface area contributed by atoms with Gasteiger partial charge >= 0.3 is 0 Å². The molecule has 0 unspecified atom stereocenters. The van der Waals surface area contributed by atoms with Crippen molar-refractivity contribution in [2.75, 3.05) is 11.3 Å². The number of sulfonamides is 1. The Morgan fingerprint density at radius 1 is 1.25 bits per heavy atom. The van der Waals surface area contributed by atoms with Gasteiger partial charge < -0.3 is 4.74 Å². The molecule has 2 aromatic rings. The van der Waals surface area contributed by atoms with Crippen molar-refractivity contribution in [1.82, 2.24) is 4.98 Å². The van der Waals surface area contributed by atoms with E-state index in [1.54, 1.807) is 24.3 Å². The van der Waals surface area contributed by atoms with Gasteiger partial charge in [-0.15, -0.1) is 0 Å². The average molecular weight is 357 g/mol. The van der Waals surface area contributed by atoms with Crippen LogP contribution in [0.25, 0.3) is 0 Å². The zero-order valence-corrected chi connectivity index (χ0v) is 13.1. The van der Waals surface area contributed by atoms with Crippen molar-refractivity contribution in [2.24, 2.45) is 0 Å². The van der Waals surface area contributed by atoms with Crippen LogP contribution < -0.4 is 9.46 Å². The highest BCUT2D eigenvalue weighted by molar-refractivity contribution is 9.10. The summed E-state index contributed by atoms with van der Waals surface area (Å²) >= 11 is 3.26. The third kappa shape index (κ3) is 3.71. The summed E-state index contributed by atoms with van der Waals surface area (Å²) in [5.74, 6) is 0.889. The van der Waals surface area contributed by atoms with Gasteiger partial charge in [-0.05, 0) is 43.3 Å². The van der Waals surface area contributed by atoms with Gasteiger partial charge in [-0.2, -0.15) is 0 Å². The van der Waals surface area contributed by atoms with Crippen molar-refractivity contribution in [2.45, 2.75) is 11.8 Å². The number of hydrogen-bond donors (Lipinski definition) is 1. The van der Waals surface area contributed by atoms with Crippen molar-refractivity contribution in [1.29, 1.82) is 0 Å². The molecule has 2 rings (SSSR count). The second-order valence-electron chi connectivity index (χ2n) is 3.87. The van der Waals surface area contributed by atoms with E-state index in [0.717, 1.165) is 4.47 Å². The number of rotatable bonds is 5. The van der Waals surface area contributed by atoms with Crippen LogP contribution in [0.1, 0.15) is 6.92 Å².